The quantitative estimate of drug-likeness (QED) is 0.811. The van der Waals surface area contributed by atoms with Gasteiger partial charge in [0.1, 0.15) is 5.82 Å². The van der Waals surface area contributed by atoms with Gasteiger partial charge in [0.05, 0.1) is 18.0 Å². The van der Waals surface area contributed by atoms with Gasteiger partial charge in [0.25, 0.3) is 0 Å². The maximum atomic E-state index is 13.9. The Morgan fingerprint density at radius 2 is 2.00 bits per heavy atom. The highest BCUT2D eigenvalue weighted by molar-refractivity contribution is 5.63. The van der Waals surface area contributed by atoms with Gasteiger partial charge in [0.15, 0.2) is 0 Å². The zero-order chi connectivity index (χ0) is 14.7. The monoisotopic (exact) mass is 289 g/mol. The van der Waals surface area contributed by atoms with Crippen LogP contribution in [0.2, 0.25) is 0 Å². The third-order valence-corrected chi connectivity index (χ3v) is 4.14. The molecule has 1 heterocycles. The molecule has 0 bridgehead atoms. The van der Waals surface area contributed by atoms with Gasteiger partial charge < -0.3 is 10.4 Å². The van der Waals surface area contributed by atoms with E-state index >= 15 is 0 Å². The second-order valence-electron chi connectivity index (χ2n) is 5.64. The second-order valence-corrected chi connectivity index (χ2v) is 5.64. The summed E-state index contributed by atoms with van der Waals surface area (Å²) >= 11 is 0. The summed E-state index contributed by atoms with van der Waals surface area (Å²) < 4.78 is 13.9. The zero-order valence-electron chi connectivity index (χ0n) is 11.8. The molecule has 0 aliphatic heterocycles. The Hall–Kier alpha value is -1.72. The van der Waals surface area contributed by atoms with E-state index in [1.165, 1.54) is 6.07 Å². The Bertz CT molecular complexity index is 591. The number of nitrogens with one attached hydrogen (secondary N) is 2. The molecule has 0 saturated heterocycles. The predicted octanol–water partition coefficient (Wildman–Crippen LogP) is 2.61. The first-order valence-electron chi connectivity index (χ1n) is 7.42. The number of H-pyrrole nitrogens is 1. The van der Waals surface area contributed by atoms with Crippen LogP contribution in [0.1, 0.15) is 31.2 Å². The van der Waals surface area contributed by atoms with E-state index < -0.39 is 0 Å². The first-order valence-corrected chi connectivity index (χ1v) is 7.42. The van der Waals surface area contributed by atoms with Gasteiger partial charge in [-0.05, 0) is 37.8 Å². The number of hydrogen-bond donors (Lipinski definition) is 3. The Morgan fingerprint density at radius 3 is 2.76 bits per heavy atom. The molecule has 21 heavy (non-hydrogen) atoms. The number of aliphatic hydroxyl groups excluding tert-OH is 1. The summed E-state index contributed by atoms with van der Waals surface area (Å²) in [5.41, 5.74) is 2.24. The maximum Gasteiger partial charge on any atom is 0.132 e. The van der Waals surface area contributed by atoms with Crippen LogP contribution in [0.4, 0.5) is 4.39 Å². The van der Waals surface area contributed by atoms with E-state index in [0.29, 0.717) is 18.2 Å². The van der Waals surface area contributed by atoms with Gasteiger partial charge in [0.2, 0.25) is 0 Å². The van der Waals surface area contributed by atoms with Crippen molar-refractivity contribution < 1.29 is 9.50 Å². The molecule has 1 saturated carbocycles. The normalized spacial score (nSPS) is 22.4. The largest absolute Gasteiger partial charge is 0.393 e. The molecular weight excluding hydrogens is 269 g/mol. The van der Waals surface area contributed by atoms with Crippen LogP contribution >= 0.6 is 0 Å². The average Bonchev–Trinajstić information content (AvgIpc) is 2.95. The fourth-order valence-corrected chi connectivity index (χ4v) is 2.88. The first-order chi connectivity index (χ1) is 10.2. The fourth-order valence-electron chi connectivity index (χ4n) is 2.88. The van der Waals surface area contributed by atoms with E-state index in [-0.39, 0.29) is 11.9 Å². The first kappa shape index (κ1) is 14.2. The molecule has 1 aromatic heterocycles. The number of aliphatic hydroxyl groups is 1. The van der Waals surface area contributed by atoms with E-state index in [4.69, 9.17) is 0 Å². The van der Waals surface area contributed by atoms with Gasteiger partial charge in [-0.3, -0.25) is 5.10 Å². The molecular formula is C16H20FN3O. The molecule has 1 aliphatic carbocycles. The molecule has 1 aromatic carbocycles. The van der Waals surface area contributed by atoms with E-state index in [2.05, 4.69) is 15.5 Å². The number of rotatable bonds is 4. The van der Waals surface area contributed by atoms with Crippen LogP contribution in [0.3, 0.4) is 0 Å². The van der Waals surface area contributed by atoms with Gasteiger partial charge in [-0.2, -0.15) is 5.10 Å². The summed E-state index contributed by atoms with van der Waals surface area (Å²) in [7, 11) is 0. The lowest BCUT2D eigenvalue weighted by molar-refractivity contribution is 0.116. The standard InChI is InChI=1S/C16H20FN3O/c17-15-4-2-1-3-14(15)16-11(10-19-20-16)9-18-12-5-7-13(21)8-6-12/h1-4,10,12-13,18,21H,5-9H2,(H,19,20). The SMILES string of the molecule is OC1CCC(NCc2cn[nH]c2-c2ccccc2F)CC1. The van der Waals surface area contributed by atoms with Gasteiger partial charge in [-0.1, -0.05) is 12.1 Å². The lowest BCUT2D eigenvalue weighted by Crippen LogP contribution is -2.34. The molecule has 0 unspecified atom stereocenters. The van der Waals surface area contributed by atoms with Crippen molar-refractivity contribution in [2.45, 2.75) is 44.4 Å². The molecule has 0 atom stereocenters. The fraction of sp³-hybridized carbons (Fsp3) is 0.438. The molecule has 3 rings (SSSR count). The highest BCUT2D eigenvalue weighted by Crippen LogP contribution is 2.24. The molecule has 0 amide bonds. The van der Waals surface area contributed by atoms with E-state index in [1.54, 1.807) is 18.3 Å². The minimum Gasteiger partial charge on any atom is -0.393 e. The van der Waals surface area contributed by atoms with Crippen molar-refractivity contribution in [1.29, 1.82) is 0 Å². The topological polar surface area (TPSA) is 60.9 Å². The van der Waals surface area contributed by atoms with Crippen molar-refractivity contribution in [2.75, 3.05) is 0 Å². The third kappa shape index (κ3) is 3.31. The van der Waals surface area contributed by atoms with Crippen molar-refractivity contribution >= 4 is 0 Å². The molecule has 2 aromatic rings. The van der Waals surface area contributed by atoms with Crippen LogP contribution in [0, 0.1) is 5.82 Å². The van der Waals surface area contributed by atoms with Crippen LogP contribution < -0.4 is 5.32 Å². The Balaban J connectivity index is 1.67. The molecule has 1 aliphatic rings. The van der Waals surface area contributed by atoms with Gasteiger partial charge in [0, 0.05) is 23.7 Å². The minimum absolute atomic E-state index is 0.147. The van der Waals surface area contributed by atoms with Gasteiger partial charge in [-0.15, -0.1) is 0 Å². The van der Waals surface area contributed by atoms with Crippen LogP contribution in [0.15, 0.2) is 30.5 Å². The number of hydrogen-bond acceptors (Lipinski definition) is 3. The smallest absolute Gasteiger partial charge is 0.132 e. The van der Waals surface area contributed by atoms with E-state index in [9.17, 15) is 9.50 Å². The van der Waals surface area contributed by atoms with Gasteiger partial charge >= 0.3 is 0 Å². The predicted molar refractivity (Wildman–Crippen MR) is 79.1 cm³/mol. The van der Waals surface area contributed by atoms with Gasteiger partial charge in [-0.25, -0.2) is 4.39 Å². The number of aromatic amines is 1. The molecule has 5 heteroatoms. The molecule has 4 nitrogen and oxygen atoms in total. The molecule has 112 valence electrons. The van der Waals surface area contributed by atoms with Crippen molar-refractivity contribution in [1.82, 2.24) is 15.5 Å². The second kappa shape index (κ2) is 6.37. The zero-order valence-corrected chi connectivity index (χ0v) is 11.8. The van der Waals surface area contributed by atoms with E-state index in [0.717, 1.165) is 36.9 Å². The Labute approximate surface area is 123 Å². The van der Waals surface area contributed by atoms with Crippen molar-refractivity contribution in [3.8, 4) is 11.3 Å². The minimum atomic E-state index is -0.246. The number of nitrogens with zero attached hydrogens (tertiary/aromatic N) is 1. The molecule has 3 N–H and O–H groups in total. The lowest BCUT2D eigenvalue weighted by atomic mass is 9.93. The molecule has 0 radical (unpaired) electrons. The molecule has 0 spiro atoms. The van der Waals surface area contributed by atoms with Crippen molar-refractivity contribution in [2.24, 2.45) is 0 Å². The van der Waals surface area contributed by atoms with Crippen molar-refractivity contribution in [3.63, 3.8) is 0 Å². The summed E-state index contributed by atoms with van der Waals surface area (Å²) in [6.07, 6.45) is 5.26. The highest BCUT2D eigenvalue weighted by atomic mass is 19.1. The third-order valence-electron chi connectivity index (χ3n) is 4.14. The lowest BCUT2D eigenvalue weighted by Gasteiger charge is -2.26. The van der Waals surface area contributed by atoms with Crippen LogP contribution in [-0.2, 0) is 6.54 Å². The van der Waals surface area contributed by atoms with Crippen LogP contribution in [0.5, 0.6) is 0 Å². The summed E-state index contributed by atoms with van der Waals surface area (Å²) in [6, 6.07) is 7.12. The Morgan fingerprint density at radius 1 is 1.24 bits per heavy atom. The summed E-state index contributed by atoms with van der Waals surface area (Å²) in [6.45, 7) is 0.654. The van der Waals surface area contributed by atoms with Crippen molar-refractivity contribution in [3.05, 3.63) is 41.8 Å². The highest BCUT2D eigenvalue weighted by Gasteiger charge is 2.19. The number of halogens is 1. The average molecular weight is 289 g/mol. The summed E-state index contributed by atoms with van der Waals surface area (Å²) in [5, 5.41) is 19.9. The van der Waals surface area contributed by atoms with E-state index in [1.807, 2.05) is 6.07 Å². The number of aromatic nitrogens is 2. The maximum absolute atomic E-state index is 13.9. The number of benzene rings is 1. The summed E-state index contributed by atoms with van der Waals surface area (Å²) in [4.78, 5) is 0. The summed E-state index contributed by atoms with van der Waals surface area (Å²) in [5.74, 6) is -0.246. The molecule has 1 fully saturated rings. The Kier molecular flexibility index (Phi) is 4.31. The van der Waals surface area contributed by atoms with Crippen LogP contribution in [-0.4, -0.2) is 27.4 Å². The van der Waals surface area contributed by atoms with Crippen LogP contribution in [0.25, 0.3) is 11.3 Å².